The first kappa shape index (κ1) is 11.4. The fourth-order valence-corrected chi connectivity index (χ4v) is 2.15. The van der Waals surface area contributed by atoms with Crippen molar-refractivity contribution in [1.82, 2.24) is 0 Å². The van der Waals surface area contributed by atoms with Crippen LogP contribution in [0.1, 0.15) is 12.5 Å². The Morgan fingerprint density at radius 2 is 1.94 bits per heavy atom. The van der Waals surface area contributed by atoms with Gasteiger partial charge >= 0.3 is 12.1 Å². The first-order chi connectivity index (χ1) is 7.94. The van der Waals surface area contributed by atoms with Gasteiger partial charge in [0.15, 0.2) is 0 Å². The van der Waals surface area contributed by atoms with E-state index in [4.69, 9.17) is 5.11 Å². The molecule has 0 saturated heterocycles. The summed E-state index contributed by atoms with van der Waals surface area (Å²) >= 11 is 0. The molecule has 17 heavy (non-hydrogen) atoms. The number of nitrogens with zero attached hydrogens (tertiary/aromatic N) is 1. The van der Waals surface area contributed by atoms with Crippen LogP contribution in [0.15, 0.2) is 24.3 Å². The highest BCUT2D eigenvalue weighted by Crippen LogP contribution is 2.36. The number of hydrogen-bond acceptors (Lipinski definition) is 2. The zero-order valence-electron chi connectivity index (χ0n) is 9.38. The Bertz CT molecular complexity index is 485. The Labute approximate surface area is 98.3 Å². The molecule has 2 N–H and O–H groups in total. The van der Waals surface area contributed by atoms with Gasteiger partial charge in [-0.1, -0.05) is 18.2 Å². The lowest BCUT2D eigenvalue weighted by molar-refractivity contribution is -0.147. The van der Waals surface area contributed by atoms with E-state index in [-0.39, 0.29) is 6.54 Å². The average Bonchev–Trinajstić information content (AvgIpc) is 2.27. The minimum absolute atomic E-state index is 0.0192. The van der Waals surface area contributed by atoms with E-state index in [1.165, 1.54) is 0 Å². The summed E-state index contributed by atoms with van der Waals surface area (Å²) in [7, 11) is 0. The summed E-state index contributed by atoms with van der Waals surface area (Å²) in [6.45, 7) is 1.55. The van der Waals surface area contributed by atoms with E-state index in [1.54, 1.807) is 31.2 Å². The molecule has 2 rings (SSSR count). The predicted molar refractivity (Wildman–Crippen MR) is 61.3 cm³/mol. The second-order valence-electron chi connectivity index (χ2n) is 4.54. The molecular formula is C12H13NO4. The number of rotatable bonds is 1. The molecule has 1 atom stereocenters. The highest BCUT2D eigenvalue weighted by atomic mass is 16.4. The quantitative estimate of drug-likeness (QED) is 0.778. The van der Waals surface area contributed by atoms with Gasteiger partial charge in [0.2, 0.25) is 0 Å². The first-order valence-corrected chi connectivity index (χ1v) is 5.26. The largest absolute Gasteiger partial charge is 0.481 e. The number of fused-ring (bicyclic) bond motifs is 1. The lowest BCUT2D eigenvalue weighted by Crippen LogP contribution is -2.48. The molecule has 1 aromatic carbocycles. The molecule has 1 heterocycles. The monoisotopic (exact) mass is 235 g/mol. The minimum Gasteiger partial charge on any atom is -0.481 e. The molecule has 0 saturated carbocycles. The maximum Gasteiger partial charge on any atom is 0.411 e. The third-order valence-corrected chi connectivity index (χ3v) is 3.12. The Kier molecular flexibility index (Phi) is 2.53. The van der Waals surface area contributed by atoms with E-state index >= 15 is 0 Å². The minimum atomic E-state index is -1.12. The van der Waals surface area contributed by atoms with Gasteiger partial charge < -0.3 is 10.2 Å². The molecule has 5 heteroatoms. The third-order valence-electron chi connectivity index (χ3n) is 3.12. The van der Waals surface area contributed by atoms with Gasteiger partial charge in [0.1, 0.15) is 0 Å². The number of carboxylic acid groups (broad SMARTS) is 2. The standard InChI is InChI=1S/C12H13NO4/c1-12(10(14)15)6-8-4-2-3-5-9(8)13(7-12)11(16)17/h2-5H,6-7H2,1H3,(H,14,15)(H,16,17). The number of para-hydroxylation sites is 1. The predicted octanol–water partition coefficient (Wildman–Crippen LogP) is 1.82. The van der Waals surface area contributed by atoms with Crippen LogP contribution in [-0.2, 0) is 11.2 Å². The number of anilines is 1. The molecule has 1 aliphatic rings. The molecule has 0 fully saturated rings. The molecule has 0 spiro atoms. The van der Waals surface area contributed by atoms with Crippen LogP contribution < -0.4 is 4.90 Å². The van der Waals surface area contributed by atoms with Gasteiger partial charge in [-0.05, 0) is 25.0 Å². The SMILES string of the molecule is CC1(C(=O)O)Cc2ccccc2N(C(=O)O)C1. The van der Waals surface area contributed by atoms with Gasteiger partial charge in [-0.25, -0.2) is 4.79 Å². The van der Waals surface area contributed by atoms with Gasteiger partial charge in [-0.3, -0.25) is 9.69 Å². The summed E-state index contributed by atoms with van der Waals surface area (Å²) in [6, 6.07) is 7.00. The first-order valence-electron chi connectivity index (χ1n) is 5.26. The van der Waals surface area contributed by atoms with Gasteiger partial charge in [0, 0.05) is 6.54 Å². The molecule has 0 aliphatic carbocycles. The van der Waals surface area contributed by atoms with Crippen molar-refractivity contribution in [3.8, 4) is 0 Å². The van der Waals surface area contributed by atoms with Crippen molar-refractivity contribution in [2.24, 2.45) is 5.41 Å². The number of carbonyl (C=O) groups is 2. The molecule has 1 aromatic rings. The smallest absolute Gasteiger partial charge is 0.411 e. The zero-order valence-corrected chi connectivity index (χ0v) is 9.38. The fraction of sp³-hybridized carbons (Fsp3) is 0.333. The Morgan fingerprint density at radius 3 is 2.53 bits per heavy atom. The number of hydrogen-bond donors (Lipinski definition) is 2. The number of benzene rings is 1. The second-order valence-corrected chi connectivity index (χ2v) is 4.54. The van der Waals surface area contributed by atoms with Gasteiger partial charge in [-0.15, -0.1) is 0 Å². The van der Waals surface area contributed by atoms with Crippen molar-refractivity contribution in [3.05, 3.63) is 29.8 Å². The number of carboxylic acids is 1. The summed E-state index contributed by atoms with van der Waals surface area (Å²) in [5.41, 5.74) is 0.275. The highest BCUT2D eigenvalue weighted by Gasteiger charge is 2.42. The lowest BCUT2D eigenvalue weighted by Gasteiger charge is -2.37. The number of amides is 1. The third kappa shape index (κ3) is 1.84. The van der Waals surface area contributed by atoms with Crippen molar-refractivity contribution in [2.75, 3.05) is 11.4 Å². The van der Waals surface area contributed by atoms with E-state index in [0.717, 1.165) is 10.5 Å². The zero-order chi connectivity index (χ0) is 12.6. The Hall–Kier alpha value is -2.04. The van der Waals surface area contributed by atoms with Crippen molar-refractivity contribution < 1.29 is 19.8 Å². The molecule has 1 unspecified atom stereocenters. The highest BCUT2D eigenvalue weighted by molar-refractivity contribution is 5.90. The van der Waals surface area contributed by atoms with Crippen molar-refractivity contribution in [3.63, 3.8) is 0 Å². The average molecular weight is 235 g/mol. The van der Waals surface area contributed by atoms with Crippen LogP contribution in [0.4, 0.5) is 10.5 Å². The Balaban J connectivity index is 2.50. The van der Waals surface area contributed by atoms with Crippen LogP contribution in [0.25, 0.3) is 0 Å². The number of aliphatic carboxylic acids is 1. The van der Waals surface area contributed by atoms with E-state index in [0.29, 0.717) is 12.1 Å². The molecule has 0 aromatic heterocycles. The van der Waals surface area contributed by atoms with Crippen LogP contribution in [-0.4, -0.2) is 28.8 Å². The Morgan fingerprint density at radius 1 is 1.29 bits per heavy atom. The normalized spacial score (nSPS) is 23.0. The fourth-order valence-electron chi connectivity index (χ4n) is 2.15. The summed E-state index contributed by atoms with van der Waals surface area (Å²) in [6.07, 6.45) is -0.771. The molecule has 5 nitrogen and oxygen atoms in total. The molecular weight excluding hydrogens is 222 g/mol. The van der Waals surface area contributed by atoms with Crippen LogP contribution >= 0.6 is 0 Å². The van der Waals surface area contributed by atoms with Crippen molar-refractivity contribution in [1.29, 1.82) is 0 Å². The molecule has 1 amide bonds. The van der Waals surface area contributed by atoms with E-state index in [1.807, 2.05) is 0 Å². The second kappa shape index (κ2) is 3.76. The topological polar surface area (TPSA) is 77.8 Å². The van der Waals surface area contributed by atoms with E-state index in [2.05, 4.69) is 0 Å². The van der Waals surface area contributed by atoms with E-state index < -0.39 is 17.5 Å². The van der Waals surface area contributed by atoms with Crippen LogP contribution in [0.5, 0.6) is 0 Å². The molecule has 0 radical (unpaired) electrons. The summed E-state index contributed by atoms with van der Waals surface area (Å²) in [4.78, 5) is 23.5. The summed E-state index contributed by atoms with van der Waals surface area (Å²) in [5.74, 6) is -0.974. The molecule has 0 bridgehead atoms. The maximum atomic E-state index is 11.2. The van der Waals surface area contributed by atoms with Crippen molar-refractivity contribution >= 4 is 17.7 Å². The van der Waals surface area contributed by atoms with Crippen LogP contribution in [0.3, 0.4) is 0 Å². The van der Waals surface area contributed by atoms with E-state index in [9.17, 15) is 14.7 Å². The van der Waals surface area contributed by atoms with Crippen LogP contribution in [0, 0.1) is 5.41 Å². The maximum absolute atomic E-state index is 11.2. The molecule has 1 aliphatic heterocycles. The van der Waals surface area contributed by atoms with Gasteiger partial charge in [0.05, 0.1) is 11.1 Å². The summed E-state index contributed by atoms with van der Waals surface area (Å²) in [5, 5.41) is 18.3. The van der Waals surface area contributed by atoms with Crippen LogP contribution in [0.2, 0.25) is 0 Å². The van der Waals surface area contributed by atoms with Gasteiger partial charge in [-0.2, -0.15) is 0 Å². The van der Waals surface area contributed by atoms with Gasteiger partial charge in [0.25, 0.3) is 0 Å². The van der Waals surface area contributed by atoms with Crippen molar-refractivity contribution in [2.45, 2.75) is 13.3 Å². The molecule has 90 valence electrons. The summed E-state index contributed by atoms with van der Waals surface area (Å²) < 4.78 is 0. The lowest BCUT2D eigenvalue weighted by atomic mass is 9.79.